The van der Waals surface area contributed by atoms with Crippen molar-refractivity contribution >= 4 is 38.1 Å². The van der Waals surface area contributed by atoms with Gasteiger partial charge in [-0.25, -0.2) is 4.98 Å². The molecule has 0 aliphatic rings. The lowest BCUT2D eigenvalue weighted by atomic mass is 10.3. The van der Waals surface area contributed by atoms with Crippen LogP contribution in [0.2, 0.25) is 41.3 Å². The van der Waals surface area contributed by atoms with Gasteiger partial charge in [0.25, 0.3) is 0 Å². The van der Waals surface area contributed by atoms with E-state index in [1.165, 1.54) is 46.6 Å². The molecule has 0 saturated carbocycles. The van der Waals surface area contributed by atoms with E-state index in [-0.39, 0.29) is 0 Å². The lowest BCUT2D eigenvalue weighted by Crippen LogP contribution is -2.53. The zero-order valence-electron chi connectivity index (χ0n) is 18.4. The molecule has 0 aliphatic heterocycles. The highest BCUT2D eigenvalue weighted by Gasteiger charge is 2.39. The highest BCUT2D eigenvalue weighted by atomic mass is 35.5. The molecule has 0 unspecified atom stereocenters. The standard InChI is InChI=1S/C23H36ClNOSi2/c1-7-27(8-2,9-3)20-17-19(24)18-21(28(10-4,11-5)12-6)23(20)26-22-15-13-14-16-25-22/h13-18H,7-12H2,1-6H3. The van der Waals surface area contributed by atoms with Crippen LogP contribution in [0.4, 0.5) is 0 Å². The van der Waals surface area contributed by atoms with Crippen molar-refractivity contribution in [1.29, 1.82) is 0 Å². The number of hydrogen-bond donors (Lipinski definition) is 0. The fourth-order valence-corrected chi connectivity index (χ4v) is 12.7. The summed E-state index contributed by atoms with van der Waals surface area (Å²) in [6.07, 6.45) is 1.80. The molecule has 0 fully saturated rings. The normalized spacial score (nSPS) is 12.2. The quantitative estimate of drug-likeness (QED) is 0.378. The Kier molecular flexibility index (Phi) is 8.35. The van der Waals surface area contributed by atoms with E-state index in [0.717, 1.165) is 10.8 Å². The monoisotopic (exact) mass is 433 g/mol. The lowest BCUT2D eigenvalue weighted by Gasteiger charge is -2.36. The minimum Gasteiger partial charge on any atom is -0.439 e. The van der Waals surface area contributed by atoms with Gasteiger partial charge in [-0.3, -0.25) is 0 Å². The van der Waals surface area contributed by atoms with Gasteiger partial charge in [0, 0.05) is 17.3 Å². The molecule has 1 heterocycles. The summed E-state index contributed by atoms with van der Waals surface area (Å²) in [6.45, 7) is 14.1. The van der Waals surface area contributed by atoms with E-state index in [2.05, 4.69) is 58.7 Å². The first kappa shape index (κ1) is 23.2. The molecule has 0 bridgehead atoms. The maximum Gasteiger partial charge on any atom is 0.219 e. The number of halogens is 1. The van der Waals surface area contributed by atoms with Crippen LogP contribution in [0, 0.1) is 0 Å². The summed E-state index contributed by atoms with van der Waals surface area (Å²) in [5, 5.41) is 3.68. The SMILES string of the molecule is CC[Si](CC)(CC)c1cc(Cl)cc([Si](CC)(CC)CC)c1Oc1ccccn1. The molecule has 1 aromatic heterocycles. The third-order valence-electron chi connectivity index (χ3n) is 7.10. The van der Waals surface area contributed by atoms with Crippen LogP contribution in [0.1, 0.15) is 41.5 Å². The number of rotatable bonds is 10. The van der Waals surface area contributed by atoms with Crippen molar-refractivity contribution in [3.8, 4) is 11.6 Å². The summed E-state index contributed by atoms with van der Waals surface area (Å²) < 4.78 is 6.62. The summed E-state index contributed by atoms with van der Waals surface area (Å²) >= 11 is 6.75. The second-order valence-electron chi connectivity index (χ2n) is 7.78. The summed E-state index contributed by atoms with van der Waals surface area (Å²) in [7, 11) is -3.37. The molecular weight excluding hydrogens is 398 g/mol. The molecule has 0 spiro atoms. The number of hydrogen-bond acceptors (Lipinski definition) is 2. The van der Waals surface area contributed by atoms with Crippen LogP contribution < -0.4 is 15.1 Å². The van der Waals surface area contributed by atoms with Crippen molar-refractivity contribution in [3.05, 3.63) is 41.6 Å². The molecule has 0 aliphatic carbocycles. The largest absolute Gasteiger partial charge is 0.439 e. The molecule has 1 aromatic carbocycles. The molecule has 154 valence electrons. The van der Waals surface area contributed by atoms with Crippen molar-refractivity contribution in [2.75, 3.05) is 0 Å². The number of aromatic nitrogens is 1. The molecule has 0 saturated heterocycles. The second kappa shape index (κ2) is 10.1. The van der Waals surface area contributed by atoms with Crippen LogP contribution in [-0.2, 0) is 0 Å². The average molecular weight is 434 g/mol. The molecule has 28 heavy (non-hydrogen) atoms. The highest BCUT2D eigenvalue weighted by Crippen LogP contribution is 2.32. The Bertz CT molecular complexity index is 701. The first-order valence-electron chi connectivity index (χ1n) is 10.9. The van der Waals surface area contributed by atoms with Crippen LogP contribution >= 0.6 is 11.6 Å². The Morgan fingerprint density at radius 3 is 1.61 bits per heavy atom. The molecule has 5 heteroatoms. The fraction of sp³-hybridized carbons (Fsp3) is 0.522. The van der Waals surface area contributed by atoms with E-state index in [1.807, 2.05) is 18.2 Å². The van der Waals surface area contributed by atoms with Crippen LogP contribution in [0.25, 0.3) is 0 Å². The van der Waals surface area contributed by atoms with Crippen molar-refractivity contribution in [3.63, 3.8) is 0 Å². The smallest absolute Gasteiger partial charge is 0.219 e. The average Bonchev–Trinajstić information content (AvgIpc) is 2.74. The Morgan fingerprint density at radius 1 is 0.786 bits per heavy atom. The summed E-state index contributed by atoms with van der Waals surface area (Å²) in [5.41, 5.74) is 0. The molecule has 2 aromatic rings. The Labute approximate surface area is 178 Å². The predicted octanol–water partition coefficient (Wildman–Crippen LogP) is 6.96. The molecule has 0 radical (unpaired) electrons. The van der Waals surface area contributed by atoms with Gasteiger partial charge in [-0.15, -0.1) is 0 Å². The predicted molar refractivity (Wildman–Crippen MR) is 129 cm³/mol. The van der Waals surface area contributed by atoms with Gasteiger partial charge in [-0.2, -0.15) is 0 Å². The van der Waals surface area contributed by atoms with Gasteiger partial charge in [0.1, 0.15) is 5.75 Å². The fourth-order valence-electron chi connectivity index (χ4n) is 4.65. The zero-order chi connectivity index (χ0) is 20.8. The van der Waals surface area contributed by atoms with Crippen LogP contribution in [0.5, 0.6) is 11.6 Å². The second-order valence-corrected chi connectivity index (χ2v) is 18.7. The van der Waals surface area contributed by atoms with Crippen LogP contribution in [0.3, 0.4) is 0 Å². The van der Waals surface area contributed by atoms with Crippen molar-refractivity contribution in [1.82, 2.24) is 4.98 Å². The summed E-state index contributed by atoms with van der Waals surface area (Å²) in [4.78, 5) is 4.47. The lowest BCUT2D eigenvalue weighted by molar-refractivity contribution is 0.469. The van der Waals surface area contributed by atoms with Gasteiger partial charge in [-0.1, -0.05) is 95.5 Å². The van der Waals surface area contributed by atoms with E-state index >= 15 is 0 Å². The minimum atomic E-state index is -1.69. The van der Waals surface area contributed by atoms with E-state index in [9.17, 15) is 0 Å². The number of benzene rings is 1. The molecular formula is C23H36ClNOSi2. The van der Waals surface area contributed by atoms with Crippen molar-refractivity contribution < 1.29 is 4.74 Å². The summed E-state index contributed by atoms with van der Waals surface area (Å²) in [6, 6.07) is 17.5. The van der Waals surface area contributed by atoms with Gasteiger partial charge in [0.2, 0.25) is 5.88 Å². The Hall–Kier alpha value is -1.11. The first-order chi connectivity index (χ1) is 13.5. The number of pyridine rings is 1. The third-order valence-corrected chi connectivity index (χ3v) is 18.5. The molecule has 0 atom stereocenters. The van der Waals surface area contributed by atoms with Crippen molar-refractivity contribution in [2.24, 2.45) is 0 Å². The van der Waals surface area contributed by atoms with Gasteiger partial charge < -0.3 is 4.74 Å². The van der Waals surface area contributed by atoms with E-state index in [1.54, 1.807) is 6.20 Å². The molecule has 2 rings (SSSR count). The highest BCUT2D eigenvalue weighted by molar-refractivity contribution is 6.95. The van der Waals surface area contributed by atoms with Crippen LogP contribution in [-0.4, -0.2) is 21.1 Å². The zero-order valence-corrected chi connectivity index (χ0v) is 21.2. The van der Waals surface area contributed by atoms with Gasteiger partial charge in [0.15, 0.2) is 0 Å². The molecule has 0 N–H and O–H groups in total. The van der Waals surface area contributed by atoms with E-state index in [0.29, 0.717) is 5.88 Å². The maximum absolute atomic E-state index is 6.75. The molecule has 0 amide bonds. The Balaban J connectivity index is 2.84. The first-order valence-corrected chi connectivity index (χ1v) is 16.5. The van der Waals surface area contributed by atoms with E-state index < -0.39 is 16.1 Å². The maximum atomic E-state index is 6.75. The van der Waals surface area contributed by atoms with Gasteiger partial charge in [-0.05, 0) is 28.6 Å². The Morgan fingerprint density at radius 2 is 1.25 bits per heavy atom. The van der Waals surface area contributed by atoms with Gasteiger partial charge in [0.05, 0.1) is 16.1 Å². The van der Waals surface area contributed by atoms with Crippen molar-refractivity contribution in [2.45, 2.75) is 77.8 Å². The van der Waals surface area contributed by atoms with E-state index in [4.69, 9.17) is 16.3 Å². The topological polar surface area (TPSA) is 22.1 Å². The third kappa shape index (κ3) is 4.39. The summed E-state index contributed by atoms with van der Waals surface area (Å²) in [5.74, 6) is 1.78. The molecule has 2 nitrogen and oxygen atoms in total. The number of ether oxygens (including phenoxy) is 1. The van der Waals surface area contributed by atoms with Gasteiger partial charge >= 0.3 is 0 Å². The van der Waals surface area contributed by atoms with Crippen LogP contribution in [0.15, 0.2) is 36.5 Å². The number of nitrogens with zero attached hydrogens (tertiary/aromatic N) is 1. The minimum absolute atomic E-state index is 0.685.